The molecule has 0 aromatic rings. The topological polar surface area (TPSA) is 0 Å². The molecule has 0 heterocycles. The van der Waals surface area contributed by atoms with Gasteiger partial charge < -0.3 is 0 Å². The van der Waals surface area contributed by atoms with E-state index in [1.165, 1.54) is 295 Å². The molecule has 0 saturated heterocycles. The van der Waals surface area contributed by atoms with E-state index in [0.717, 1.165) is 12.8 Å². The molecular weight excluding hydrogens is 632 g/mol. The van der Waals surface area contributed by atoms with Gasteiger partial charge in [-0.15, -0.1) is 0 Å². The monoisotopic (exact) mass is 734 g/mol. The van der Waals surface area contributed by atoms with Crippen molar-refractivity contribution in [3.8, 4) is 0 Å². The highest BCUT2D eigenvalue weighted by atomic mass is 19.1. The highest BCUT2D eigenvalue weighted by Crippen LogP contribution is 2.18. The summed E-state index contributed by atoms with van der Waals surface area (Å²) in [6, 6.07) is 0. The van der Waals surface area contributed by atoms with Crippen LogP contribution in [0, 0.1) is 6.42 Å². The molecule has 0 fully saturated rings. The quantitative estimate of drug-likeness (QED) is 0.0546. The van der Waals surface area contributed by atoms with Gasteiger partial charge in [0.2, 0.25) is 0 Å². The Morgan fingerprint density at radius 3 is 0.538 bits per heavy atom. The third kappa shape index (κ3) is 49.9. The van der Waals surface area contributed by atoms with Gasteiger partial charge in [0.25, 0.3) is 0 Å². The molecule has 0 aromatic heterocycles. The first-order valence-electron chi connectivity index (χ1n) is 25.3. The first-order valence-corrected chi connectivity index (χ1v) is 25.3. The van der Waals surface area contributed by atoms with Crippen LogP contribution in [0.2, 0.25) is 0 Å². The number of hydrogen-bond acceptors (Lipinski definition) is 0. The highest BCUT2D eigenvalue weighted by Gasteiger charge is 1.99. The van der Waals surface area contributed by atoms with Crippen LogP contribution in [0.25, 0.3) is 0 Å². The molecular formula is C51H102F. The van der Waals surface area contributed by atoms with Crippen LogP contribution in [0.1, 0.15) is 315 Å². The van der Waals surface area contributed by atoms with E-state index in [1.807, 2.05) is 0 Å². The third-order valence-electron chi connectivity index (χ3n) is 12.1. The summed E-state index contributed by atoms with van der Waals surface area (Å²) in [7, 11) is 0. The summed E-state index contributed by atoms with van der Waals surface area (Å²) in [5.74, 6) is 0. The summed E-state index contributed by atoms with van der Waals surface area (Å²) >= 11 is 0. The average Bonchev–Trinajstić information content (AvgIpc) is 3.16. The molecule has 0 nitrogen and oxygen atoms in total. The van der Waals surface area contributed by atoms with Crippen molar-refractivity contribution in [2.75, 3.05) is 6.67 Å². The molecule has 0 aromatic carbocycles. The predicted molar refractivity (Wildman–Crippen MR) is 238 cm³/mol. The van der Waals surface area contributed by atoms with Gasteiger partial charge in [-0.3, -0.25) is 4.39 Å². The van der Waals surface area contributed by atoms with Crippen molar-refractivity contribution in [2.24, 2.45) is 0 Å². The summed E-state index contributed by atoms with van der Waals surface area (Å²) in [6.45, 7) is 2.18. The molecule has 52 heavy (non-hydrogen) atoms. The summed E-state index contributed by atoms with van der Waals surface area (Å²) in [4.78, 5) is 0. The van der Waals surface area contributed by atoms with Gasteiger partial charge in [-0.05, 0) is 12.8 Å². The van der Waals surface area contributed by atoms with E-state index >= 15 is 0 Å². The molecule has 0 amide bonds. The van der Waals surface area contributed by atoms with Crippen molar-refractivity contribution in [3.05, 3.63) is 6.42 Å². The zero-order valence-electron chi connectivity index (χ0n) is 36.6. The largest absolute Gasteiger partial charge is 0.251 e. The first-order chi connectivity index (χ1) is 25.9. The van der Waals surface area contributed by atoms with Crippen molar-refractivity contribution >= 4 is 0 Å². The Morgan fingerprint density at radius 1 is 0.212 bits per heavy atom. The van der Waals surface area contributed by atoms with Crippen LogP contribution < -0.4 is 0 Å². The van der Waals surface area contributed by atoms with Crippen molar-refractivity contribution in [1.82, 2.24) is 0 Å². The lowest BCUT2D eigenvalue weighted by atomic mass is 10.0. The van der Waals surface area contributed by atoms with E-state index in [4.69, 9.17) is 0 Å². The van der Waals surface area contributed by atoms with Crippen LogP contribution in [0.4, 0.5) is 4.39 Å². The molecule has 0 saturated carbocycles. The minimum Gasteiger partial charge on any atom is -0.251 e. The second-order valence-corrected chi connectivity index (χ2v) is 17.5. The fraction of sp³-hybridized carbons (Fsp3) is 0.980. The summed E-state index contributed by atoms with van der Waals surface area (Å²) in [5.41, 5.74) is 0. The molecule has 0 aliphatic rings. The van der Waals surface area contributed by atoms with Crippen molar-refractivity contribution in [3.63, 3.8) is 0 Å². The number of hydrogen-bond donors (Lipinski definition) is 0. The zero-order chi connectivity index (χ0) is 37.4. The number of unbranched alkanes of at least 4 members (excludes halogenated alkanes) is 48. The maximum Gasteiger partial charge on any atom is 0.0894 e. The SMILES string of the molecule is CCCCCCCCCCCCCCCCCCCCCCCCCCCCCCCCC[CH]CCCCCCCCCCCCCCCCCF. The first kappa shape index (κ1) is 51.9. The molecule has 0 bridgehead atoms. The van der Waals surface area contributed by atoms with E-state index in [1.54, 1.807) is 0 Å². The number of alkyl halides is 1. The Morgan fingerprint density at radius 2 is 0.365 bits per heavy atom. The molecule has 0 spiro atoms. The second kappa shape index (κ2) is 50.9. The fourth-order valence-corrected chi connectivity index (χ4v) is 8.31. The standard InChI is InChI=1S/C51H102F/c1-2-3-4-5-6-7-8-9-10-11-12-13-14-15-16-17-18-19-20-21-22-23-24-25-26-27-28-29-30-31-32-33-34-35-36-37-38-39-40-41-42-43-44-45-46-47-48-49-50-51-52/h34H,2-33,35-51H2,1H3. The molecule has 0 rings (SSSR count). The predicted octanol–water partition coefficient (Wildman–Crippen LogP) is 19.9. The van der Waals surface area contributed by atoms with Gasteiger partial charge in [-0.25, -0.2) is 0 Å². The van der Waals surface area contributed by atoms with E-state index in [-0.39, 0.29) is 6.67 Å². The average molecular weight is 734 g/mol. The molecule has 1 radical (unpaired) electrons. The van der Waals surface area contributed by atoms with Crippen LogP contribution in [-0.4, -0.2) is 6.67 Å². The van der Waals surface area contributed by atoms with Gasteiger partial charge in [0.1, 0.15) is 0 Å². The van der Waals surface area contributed by atoms with Crippen LogP contribution >= 0.6 is 0 Å². The summed E-state index contributed by atoms with van der Waals surface area (Å²) in [5, 5.41) is 0. The maximum absolute atomic E-state index is 12.1. The minimum absolute atomic E-state index is 0.127. The second-order valence-electron chi connectivity index (χ2n) is 17.5. The lowest BCUT2D eigenvalue weighted by molar-refractivity contribution is 0.448. The molecule has 1 heteroatoms. The Bertz CT molecular complexity index is 522. The van der Waals surface area contributed by atoms with Gasteiger partial charge in [-0.2, -0.15) is 0 Å². The van der Waals surface area contributed by atoms with Crippen LogP contribution in [0.3, 0.4) is 0 Å². The molecule has 0 N–H and O–H groups in total. The van der Waals surface area contributed by atoms with Crippen LogP contribution in [0.15, 0.2) is 0 Å². The smallest absolute Gasteiger partial charge is 0.0894 e. The van der Waals surface area contributed by atoms with E-state index in [9.17, 15) is 4.39 Å². The van der Waals surface area contributed by atoms with Crippen LogP contribution in [-0.2, 0) is 0 Å². The van der Waals surface area contributed by atoms with Gasteiger partial charge in [-0.1, -0.05) is 309 Å². The minimum atomic E-state index is -0.127. The van der Waals surface area contributed by atoms with Gasteiger partial charge >= 0.3 is 0 Å². The van der Waals surface area contributed by atoms with Gasteiger partial charge in [0, 0.05) is 0 Å². The van der Waals surface area contributed by atoms with E-state index in [0.29, 0.717) is 0 Å². The third-order valence-corrected chi connectivity index (χ3v) is 12.1. The van der Waals surface area contributed by atoms with E-state index in [2.05, 4.69) is 13.3 Å². The Hall–Kier alpha value is -0.0700. The zero-order valence-corrected chi connectivity index (χ0v) is 36.6. The van der Waals surface area contributed by atoms with E-state index < -0.39 is 0 Å². The maximum atomic E-state index is 12.1. The summed E-state index contributed by atoms with van der Waals surface area (Å²) in [6.07, 6.45) is 71.2. The van der Waals surface area contributed by atoms with Gasteiger partial charge in [0.05, 0.1) is 6.67 Å². The van der Waals surface area contributed by atoms with Crippen molar-refractivity contribution < 1.29 is 4.39 Å². The van der Waals surface area contributed by atoms with Crippen molar-refractivity contribution in [2.45, 2.75) is 315 Å². The highest BCUT2D eigenvalue weighted by molar-refractivity contribution is 4.65. The summed E-state index contributed by atoms with van der Waals surface area (Å²) < 4.78 is 12.1. The Kier molecular flexibility index (Phi) is 50.9. The van der Waals surface area contributed by atoms with Crippen molar-refractivity contribution in [1.29, 1.82) is 0 Å². The molecule has 0 aliphatic carbocycles. The van der Waals surface area contributed by atoms with Gasteiger partial charge in [0.15, 0.2) is 0 Å². The fourth-order valence-electron chi connectivity index (χ4n) is 8.31. The number of halogens is 1. The molecule has 0 atom stereocenters. The molecule has 313 valence electrons. The normalized spacial score (nSPS) is 11.7. The lowest BCUT2D eigenvalue weighted by Gasteiger charge is -2.05. The lowest BCUT2D eigenvalue weighted by Crippen LogP contribution is -1.85. The molecule has 0 aliphatic heterocycles. The Balaban J connectivity index is 3.04. The number of rotatable bonds is 49. The molecule has 0 unspecified atom stereocenters. The van der Waals surface area contributed by atoms with Crippen LogP contribution in [0.5, 0.6) is 0 Å². The Labute approximate surface area is 331 Å².